The molecule has 0 saturated carbocycles. The summed E-state index contributed by atoms with van der Waals surface area (Å²) in [5, 5.41) is 11.0. The smallest absolute Gasteiger partial charge is 0.0965 e. The molecule has 98 valence electrons. The van der Waals surface area contributed by atoms with E-state index in [-0.39, 0.29) is 0 Å². The van der Waals surface area contributed by atoms with Crippen LogP contribution in [0.5, 0.6) is 0 Å². The van der Waals surface area contributed by atoms with Crippen LogP contribution in [0.25, 0.3) is 0 Å². The fourth-order valence-electron chi connectivity index (χ4n) is 1.85. The Labute approximate surface area is 112 Å². The lowest BCUT2D eigenvalue weighted by Gasteiger charge is -2.08. The molecular weight excluding hydrogens is 244 g/mol. The number of hydrogen-bond acceptors (Lipinski definition) is 4. The minimum atomic E-state index is 0.468. The van der Waals surface area contributed by atoms with Gasteiger partial charge in [-0.1, -0.05) is 13.8 Å². The lowest BCUT2D eigenvalue weighted by Crippen LogP contribution is -2.19. The predicted molar refractivity (Wildman–Crippen MR) is 74.8 cm³/mol. The van der Waals surface area contributed by atoms with E-state index in [1.54, 1.807) is 11.3 Å². The summed E-state index contributed by atoms with van der Waals surface area (Å²) in [6.45, 7) is 7.18. The molecule has 0 amide bonds. The molecule has 0 bridgehead atoms. The molecule has 18 heavy (non-hydrogen) atoms. The number of thiazole rings is 1. The first-order chi connectivity index (χ1) is 8.79. The van der Waals surface area contributed by atoms with Crippen LogP contribution in [0.4, 0.5) is 0 Å². The number of rotatable bonds is 7. The third kappa shape index (κ3) is 3.65. The summed E-state index contributed by atoms with van der Waals surface area (Å²) in [6.07, 6.45) is 7.04. The minimum absolute atomic E-state index is 0.468. The van der Waals surface area contributed by atoms with Gasteiger partial charge in [0.15, 0.2) is 0 Å². The van der Waals surface area contributed by atoms with Gasteiger partial charge in [0, 0.05) is 48.9 Å². The van der Waals surface area contributed by atoms with Crippen LogP contribution in [0, 0.1) is 0 Å². The topological polar surface area (TPSA) is 42.7 Å². The Morgan fingerprint density at radius 1 is 1.50 bits per heavy atom. The van der Waals surface area contributed by atoms with Gasteiger partial charge in [-0.25, -0.2) is 4.98 Å². The molecule has 2 aromatic heterocycles. The minimum Gasteiger partial charge on any atom is -0.312 e. The summed E-state index contributed by atoms with van der Waals surface area (Å²) in [5.41, 5.74) is 1.25. The van der Waals surface area contributed by atoms with Gasteiger partial charge >= 0.3 is 0 Å². The zero-order valence-electron chi connectivity index (χ0n) is 11.0. The number of aryl methyl sites for hydroxylation is 1. The molecule has 1 atom stereocenters. The molecule has 2 heterocycles. The third-order valence-electron chi connectivity index (χ3n) is 2.79. The van der Waals surface area contributed by atoms with Crippen LogP contribution in [0.1, 0.15) is 36.8 Å². The third-order valence-corrected chi connectivity index (χ3v) is 3.80. The average molecular weight is 264 g/mol. The van der Waals surface area contributed by atoms with E-state index in [2.05, 4.69) is 35.4 Å². The summed E-state index contributed by atoms with van der Waals surface area (Å²) in [6, 6.07) is 0. The van der Waals surface area contributed by atoms with Crippen LogP contribution in [-0.2, 0) is 13.1 Å². The van der Waals surface area contributed by atoms with Crippen molar-refractivity contribution in [3.05, 3.63) is 34.5 Å². The molecule has 0 aliphatic carbocycles. The van der Waals surface area contributed by atoms with Crippen molar-refractivity contribution >= 4 is 11.3 Å². The molecule has 0 aliphatic heterocycles. The highest BCUT2D eigenvalue weighted by Gasteiger charge is 2.07. The predicted octanol–water partition coefficient (Wildman–Crippen LogP) is 2.64. The van der Waals surface area contributed by atoms with Crippen LogP contribution < -0.4 is 5.32 Å². The molecule has 0 radical (unpaired) electrons. The second-order valence-corrected chi connectivity index (χ2v) is 5.44. The Hall–Kier alpha value is -1.20. The second kappa shape index (κ2) is 6.66. The molecule has 1 N–H and O–H groups in total. The largest absolute Gasteiger partial charge is 0.312 e. The van der Waals surface area contributed by atoms with Crippen molar-refractivity contribution in [3.63, 3.8) is 0 Å². The maximum atomic E-state index is 4.33. The number of nitrogens with zero attached hydrogens (tertiary/aromatic N) is 3. The molecule has 0 saturated heterocycles. The highest BCUT2D eigenvalue weighted by molar-refractivity contribution is 7.09. The monoisotopic (exact) mass is 264 g/mol. The lowest BCUT2D eigenvalue weighted by atomic mass is 10.2. The van der Waals surface area contributed by atoms with E-state index < -0.39 is 0 Å². The van der Waals surface area contributed by atoms with Gasteiger partial charge in [0.1, 0.15) is 0 Å². The second-order valence-electron chi connectivity index (χ2n) is 4.51. The van der Waals surface area contributed by atoms with E-state index in [0.717, 1.165) is 26.1 Å². The van der Waals surface area contributed by atoms with Crippen molar-refractivity contribution in [3.8, 4) is 0 Å². The van der Waals surface area contributed by atoms with Crippen molar-refractivity contribution in [2.45, 2.75) is 39.3 Å². The van der Waals surface area contributed by atoms with Gasteiger partial charge in [0.25, 0.3) is 0 Å². The SMILES string of the molecule is CCCn1cc(CNCC(C)c2nccs2)cn1. The molecule has 0 aliphatic rings. The number of aromatic nitrogens is 3. The van der Waals surface area contributed by atoms with E-state index >= 15 is 0 Å². The van der Waals surface area contributed by atoms with Crippen LogP contribution >= 0.6 is 11.3 Å². The fourth-order valence-corrected chi connectivity index (χ4v) is 2.55. The Balaban J connectivity index is 1.74. The van der Waals surface area contributed by atoms with Crippen LogP contribution in [0.15, 0.2) is 24.0 Å². The first-order valence-corrected chi connectivity index (χ1v) is 7.29. The number of hydrogen-bond donors (Lipinski definition) is 1. The molecule has 0 spiro atoms. The van der Waals surface area contributed by atoms with Gasteiger partial charge in [0.2, 0.25) is 0 Å². The fraction of sp³-hybridized carbons (Fsp3) is 0.538. The zero-order valence-corrected chi connectivity index (χ0v) is 11.8. The molecule has 0 fully saturated rings. The van der Waals surface area contributed by atoms with E-state index in [0.29, 0.717) is 5.92 Å². The average Bonchev–Trinajstić information content (AvgIpc) is 3.00. The number of nitrogens with one attached hydrogen (secondary N) is 1. The normalized spacial score (nSPS) is 12.8. The maximum Gasteiger partial charge on any atom is 0.0965 e. The van der Waals surface area contributed by atoms with Gasteiger partial charge < -0.3 is 5.32 Å². The van der Waals surface area contributed by atoms with Crippen LogP contribution in [0.2, 0.25) is 0 Å². The molecular formula is C13H20N4S. The van der Waals surface area contributed by atoms with Crippen molar-refractivity contribution in [2.75, 3.05) is 6.54 Å². The molecule has 1 unspecified atom stereocenters. The van der Waals surface area contributed by atoms with Crippen LogP contribution in [-0.4, -0.2) is 21.3 Å². The highest BCUT2D eigenvalue weighted by atomic mass is 32.1. The lowest BCUT2D eigenvalue weighted by molar-refractivity contribution is 0.597. The molecule has 2 rings (SSSR count). The van der Waals surface area contributed by atoms with Crippen molar-refractivity contribution in [1.82, 2.24) is 20.1 Å². The zero-order chi connectivity index (χ0) is 12.8. The van der Waals surface area contributed by atoms with E-state index in [4.69, 9.17) is 0 Å². The van der Waals surface area contributed by atoms with Crippen LogP contribution in [0.3, 0.4) is 0 Å². The first-order valence-electron chi connectivity index (χ1n) is 6.41. The Morgan fingerprint density at radius 2 is 2.39 bits per heavy atom. The van der Waals surface area contributed by atoms with Gasteiger partial charge in [-0.2, -0.15) is 5.10 Å². The van der Waals surface area contributed by atoms with Crippen molar-refractivity contribution < 1.29 is 0 Å². The summed E-state index contributed by atoms with van der Waals surface area (Å²) in [4.78, 5) is 4.33. The summed E-state index contributed by atoms with van der Waals surface area (Å²) in [5.74, 6) is 0.468. The van der Waals surface area contributed by atoms with E-state index in [1.165, 1.54) is 10.6 Å². The highest BCUT2D eigenvalue weighted by Crippen LogP contribution is 2.16. The van der Waals surface area contributed by atoms with Gasteiger partial charge in [0.05, 0.1) is 11.2 Å². The van der Waals surface area contributed by atoms with E-state index in [1.807, 2.05) is 22.5 Å². The molecule has 4 nitrogen and oxygen atoms in total. The van der Waals surface area contributed by atoms with Gasteiger partial charge in [-0.15, -0.1) is 11.3 Å². The Kier molecular flexibility index (Phi) is 4.90. The molecule has 0 aromatic carbocycles. The summed E-state index contributed by atoms with van der Waals surface area (Å²) < 4.78 is 2.00. The van der Waals surface area contributed by atoms with Crippen molar-refractivity contribution in [1.29, 1.82) is 0 Å². The standard InChI is InChI=1S/C13H20N4S/c1-3-5-17-10-12(9-16-17)8-14-7-11(2)13-15-4-6-18-13/h4,6,9-11,14H,3,5,7-8H2,1-2H3. The molecule has 5 heteroatoms. The maximum absolute atomic E-state index is 4.33. The van der Waals surface area contributed by atoms with E-state index in [9.17, 15) is 0 Å². The van der Waals surface area contributed by atoms with Gasteiger partial charge in [-0.05, 0) is 6.42 Å². The Morgan fingerprint density at radius 3 is 3.11 bits per heavy atom. The first kappa shape index (κ1) is 13.2. The summed E-state index contributed by atoms with van der Waals surface area (Å²) in [7, 11) is 0. The Bertz CT molecular complexity index is 449. The quantitative estimate of drug-likeness (QED) is 0.836. The van der Waals surface area contributed by atoms with Crippen molar-refractivity contribution in [2.24, 2.45) is 0 Å². The van der Waals surface area contributed by atoms with Gasteiger partial charge in [-0.3, -0.25) is 4.68 Å². The molecule has 2 aromatic rings. The summed E-state index contributed by atoms with van der Waals surface area (Å²) >= 11 is 1.72.